The van der Waals surface area contributed by atoms with E-state index in [9.17, 15) is 13.2 Å². The number of carbonyl (C=O) groups excluding carboxylic acids is 1. The summed E-state index contributed by atoms with van der Waals surface area (Å²) in [5.41, 5.74) is 0.275. The Balaban J connectivity index is 2.24. The van der Waals surface area contributed by atoms with E-state index >= 15 is 0 Å². The van der Waals surface area contributed by atoms with E-state index in [0.29, 0.717) is 22.7 Å². The first-order chi connectivity index (χ1) is 11.8. The second-order valence-corrected chi connectivity index (χ2v) is 9.68. The molecule has 1 aliphatic rings. The van der Waals surface area contributed by atoms with Crippen molar-refractivity contribution >= 4 is 36.9 Å². The van der Waals surface area contributed by atoms with Crippen LogP contribution < -0.4 is 14.4 Å². The Bertz CT molecular complexity index is 736. The number of likely N-dealkylation sites (N-methyl/N-ethyl adjacent to an activating group) is 1. The van der Waals surface area contributed by atoms with Crippen molar-refractivity contribution in [3.05, 3.63) is 17.7 Å². The summed E-state index contributed by atoms with van der Waals surface area (Å²) in [6.45, 7) is 6.31. The van der Waals surface area contributed by atoms with Crippen LogP contribution in [0.25, 0.3) is 0 Å². The van der Waals surface area contributed by atoms with E-state index < -0.39 is 9.84 Å². The molecule has 1 heterocycles. The number of likely N-dealkylation sites (tertiary alicyclic amines) is 1. The molecule has 0 aromatic heterocycles. The predicted octanol–water partition coefficient (Wildman–Crippen LogP) is -0.0387. The van der Waals surface area contributed by atoms with Gasteiger partial charge in [-0.15, -0.1) is 0 Å². The van der Waals surface area contributed by atoms with Crippen LogP contribution in [0.1, 0.15) is 37.0 Å². The third-order valence-corrected chi connectivity index (χ3v) is 7.92. The van der Waals surface area contributed by atoms with E-state index in [1.165, 1.54) is 30.0 Å². The standard InChI is InChI=1S/C17H27AsN2O4S/c1-4-20-8-6-7-12(20)11-19-17(21)13-9-16(25(22,23)5-2)14(18)10-15(13)24-3/h9-10,12H,4-8,11,18H2,1-3H3,(H,19,21)/t12-/m1/s1. The average Bonchev–Trinajstić information content (AvgIpc) is 3.06. The summed E-state index contributed by atoms with van der Waals surface area (Å²) in [6, 6.07) is 3.44. The molecule has 0 saturated carbocycles. The normalized spacial score (nSPS) is 18.3. The maximum absolute atomic E-state index is 12.7. The molecule has 1 unspecified atom stereocenters. The molecule has 0 spiro atoms. The molecule has 140 valence electrons. The van der Waals surface area contributed by atoms with Crippen LogP contribution in [0.3, 0.4) is 0 Å². The summed E-state index contributed by atoms with van der Waals surface area (Å²) in [6.07, 6.45) is 2.21. The van der Waals surface area contributed by atoms with Gasteiger partial charge in [-0.25, -0.2) is 0 Å². The molecular weight excluding hydrogens is 403 g/mol. The topological polar surface area (TPSA) is 75.7 Å². The molecule has 0 aliphatic carbocycles. The molecule has 0 radical (unpaired) electrons. The maximum atomic E-state index is 12.7. The first-order valence-corrected chi connectivity index (χ1v) is 11.4. The van der Waals surface area contributed by atoms with E-state index in [0.717, 1.165) is 25.9 Å². The van der Waals surface area contributed by atoms with Gasteiger partial charge in [0.05, 0.1) is 0 Å². The monoisotopic (exact) mass is 430 g/mol. The van der Waals surface area contributed by atoms with Crippen molar-refractivity contribution in [1.29, 1.82) is 0 Å². The molecule has 1 aromatic rings. The van der Waals surface area contributed by atoms with Gasteiger partial charge >= 0.3 is 159 Å². The second kappa shape index (κ2) is 8.56. The fourth-order valence-corrected chi connectivity index (χ4v) is 5.84. The molecule has 1 amide bonds. The SMILES string of the molecule is CCN1CCC[C@@H]1CNC(=O)c1cc(S(=O)(=O)CC)c([AsH2])cc1OC. The van der Waals surface area contributed by atoms with Crippen molar-refractivity contribution < 1.29 is 17.9 Å². The van der Waals surface area contributed by atoms with Crippen molar-refractivity contribution in [3.63, 3.8) is 0 Å². The minimum atomic E-state index is -3.38. The zero-order valence-corrected chi connectivity index (χ0v) is 18.3. The predicted molar refractivity (Wildman–Crippen MR) is 102 cm³/mol. The number of nitrogens with one attached hydrogen (secondary N) is 1. The Labute approximate surface area is 158 Å². The number of hydrogen-bond acceptors (Lipinski definition) is 5. The zero-order chi connectivity index (χ0) is 18.6. The van der Waals surface area contributed by atoms with Crippen LogP contribution in [0, 0.1) is 0 Å². The Kier molecular flexibility index (Phi) is 6.94. The van der Waals surface area contributed by atoms with Gasteiger partial charge in [-0.2, -0.15) is 0 Å². The van der Waals surface area contributed by atoms with Crippen LogP contribution >= 0.6 is 0 Å². The van der Waals surface area contributed by atoms with Crippen molar-refractivity contribution in [2.75, 3.05) is 32.5 Å². The summed E-state index contributed by atoms with van der Waals surface area (Å²) in [4.78, 5) is 15.2. The fraction of sp³-hybridized carbons (Fsp3) is 0.588. The number of ether oxygens (including phenoxy) is 1. The Hall–Kier alpha value is -1.04. The fourth-order valence-electron chi connectivity index (χ4n) is 3.20. The number of hydrogen-bond donors (Lipinski definition) is 1. The number of methoxy groups -OCH3 is 1. The van der Waals surface area contributed by atoms with Crippen LogP contribution in [0.2, 0.25) is 0 Å². The zero-order valence-electron chi connectivity index (χ0n) is 15.0. The Morgan fingerprint density at radius 1 is 1.40 bits per heavy atom. The Morgan fingerprint density at radius 3 is 2.72 bits per heavy atom. The molecular formula is C17H27AsN2O4S. The number of carbonyl (C=O) groups is 1. The van der Waals surface area contributed by atoms with Crippen LogP contribution in [0.4, 0.5) is 0 Å². The molecule has 2 atom stereocenters. The number of benzene rings is 1. The van der Waals surface area contributed by atoms with Gasteiger partial charge in [0.15, 0.2) is 0 Å². The van der Waals surface area contributed by atoms with Crippen LogP contribution in [0.15, 0.2) is 17.0 Å². The van der Waals surface area contributed by atoms with Crippen molar-refractivity contribution in [2.45, 2.75) is 37.6 Å². The number of amides is 1. The molecule has 1 N–H and O–H groups in total. The summed E-state index contributed by atoms with van der Waals surface area (Å²) in [7, 11) is -1.89. The summed E-state index contributed by atoms with van der Waals surface area (Å²) >= 11 is 1.20. The van der Waals surface area contributed by atoms with Gasteiger partial charge in [0, 0.05) is 0 Å². The van der Waals surface area contributed by atoms with E-state index in [1.807, 2.05) is 0 Å². The molecule has 1 fully saturated rings. The van der Waals surface area contributed by atoms with Gasteiger partial charge in [0.2, 0.25) is 0 Å². The molecule has 1 aromatic carbocycles. The van der Waals surface area contributed by atoms with Gasteiger partial charge in [0.25, 0.3) is 0 Å². The number of nitrogens with zero attached hydrogens (tertiary/aromatic N) is 1. The van der Waals surface area contributed by atoms with Crippen molar-refractivity contribution in [3.8, 4) is 5.75 Å². The first kappa shape index (κ1) is 20.3. The Morgan fingerprint density at radius 2 is 2.12 bits per heavy atom. The van der Waals surface area contributed by atoms with E-state index in [2.05, 4.69) is 17.1 Å². The minimum absolute atomic E-state index is 0.00480. The van der Waals surface area contributed by atoms with Crippen molar-refractivity contribution in [1.82, 2.24) is 10.2 Å². The van der Waals surface area contributed by atoms with Crippen LogP contribution in [-0.2, 0) is 9.84 Å². The number of rotatable bonds is 7. The van der Waals surface area contributed by atoms with Gasteiger partial charge in [-0.3, -0.25) is 0 Å². The van der Waals surface area contributed by atoms with Gasteiger partial charge in [-0.1, -0.05) is 0 Å². The second-order valence-electron chi connectivity index (χ2n) is 6.13. The summed E-state index contributed by atoms with van der Waals surface area (Å²) < 4.78 is 30.5. The van der Waals surface area contributed by atoms with E-state index in [1.54, 1.807) is 13.0 Å². The van der Waals surface area contributed by atoms with Gasteiger partial charge in [0.1, 0.15) is 0 Å². The molecule has 25 heavy (non-hydrogen) atoms. The molecule has 1 aliphatic heterocycles. The number of sulfone groups is 1. The first-order valence-electron chi connectivity index (χ1n) is 8.56. The third kappa shape index (κ3) is 4.57. The van der Waals surface area contributed by atoms with Crippen LogP contribution in [0.5, 0.6) is 5.75 Å². The molecule has 8 heteroatoms. The van der Waals surface area contributed by atoms with Gasteiger partial charge < -0.3 is 0 Å². The van der Waals surface area contributed by atoms with E-state index in [4.69, 9.17) is 4.74 Å². The van der Waals surface area contributed by atoms with Crippen LogP contribution in [-0.4, -0.2) is 74.6 Å². The molecule has 6 nitrogen and oxygen atoms in total. The molecule has 1 saturated heterocycles. The summed E-state index contributed by atoms with van der Waals surface area (Å²) in [5, 5.41) is 2.95. The van der Waals surface area contributed by atoms with E-state index in [-0.39, 0.29) is 22.1 Å². The quantitative estimate of drug-likeness (QED) is 0.615. The van der Waals surface area contributed by atoms with Gasteiger partial charge in [-0.05, 0) is 0 Å². The molecule has 0 bridgehead atoms. The summed E-state index contributed by atoms with van der Waals surface area (Å²) in [5.74, 6) is 0.121. The molecule has 2 rings (SSSR count). The third-order valence-electron chi connectivity index (χ3n) is 4.70. The van der Waals surface area contributed by atoms with Crippen molar-refractivity contribution in [2.24, 2.45) is 0 Å². The average molecular weight is 430 g/mol.